The molecule has 1 saturated carbocycles. The number of anilines is 1. The molecule has 2 aliphatic rings. The van der Waals surface area contributed by atoms with Gasteiger partial charge in [0.15, 0.2) is 0 Å². The van der Waals surface area contributed by atoms with Crippen molar-refractivity contribution in [3.8, 4) is 17.1 Å². The number of hydrogen-bond acceptors (Lipinski definition) is 8. The molecule has 1 aliphatic heterocycles. The van der Waals surface area contributed by atoms with E-state index in [2.05, 4.69) is 25.6 Å². The van der Waals surface area contributed by atoms with Crippen LogP contribution in [0, 0.1) is 0 Å². The lowest BCUT2D eigenvalue weighted by molar-refractivity contribution is 0.0335. The molecule has 1 saturated heterocycles. The topological polar surface area (TPSA) is 107 Å². The highest BCUT2D eigenvalue weighted by Gasteiger charge is 2.29. The Morgan fingerprint density at radius 3 is 2.67 bits per heavy atom. The number of nitrogens with zero attached hydrogens (tertiary/aromatic N) is 3. The molecule has 0 atom stereocenters. The van der Waals surface area contributed by atoms with Gasteiger partial charge in [-0.05, 0) is 44.6 Å². The van der Waals surface area contributed by atoms with Gasteiger partial charge in [-0.15, -0.1) is 0 Å². The Bertz CT molecular complexity index is 906. The van der Waals surface area contributed by atoms with Crippen molar-refractivity contribution in [1.29, 1.82) is 0 Å². The van der Waals surface area contributed by atoms with Gasteiger partial charge in [0.2, 0.25) is 5.88 Å². The van der Waals surface area contributed by atoms with E-state index in [9.17, 15) is 4.39 Å². The Morgan fingerprint density at radius 1 is 1.15 bits per heavy atom. The van der Waals surface area contributed by atoms with Crippen molar-refractivity contribution >= 4 is 17.4 Å². The Labute approximate surface area is 198 Å². The Kier molecular flexibility index (Phi) is 8.29. The minimum Gasteiger partial charge on any atom is -0.475 e. The number of nitrogens with two attached hydrogens (primary N) is 1. The molecule has 0 amide bonds. The lowest BCUT2D eigenvalue weighted by Gasteiger charge is -2.32. The minimum atomic E-state index is -0.415. The number of aromatic nitrogens is 3. The summed E-state index contributed by atoms with van der Waals surface area (Å²) in [7, 11) is 0. The molecule has 2 fully saturated rings. The minimum absolute atomic E-state index is 0.316. The van der Waals surface area contributed by atoms with Crippen LogP contribution in [0.4, 0.5) is 10.2 Å². The van der Waals surface area contributed by atoms with Crippen LogP contribution in [0.5, 0.6) is 5.88 Å². The van der Waals surface area contributed by atoms with Crippen molar-refractivity contribution in [3.63, 3.8) is 0 Å². The van der Waals surface area contributed by atoms with Gasteiger partial charge in [0.05, 0.1) is 28.6 Å². The summed E-state index contributed by atoms with van der Waals surface area (Å²) in [6.07, 6.45) is 10.4. The molecule has 0 unspecified atom stereocenters. The van der Waals surface area contributed by atoms with E-state index in [1.54, 1.807) is 18.6 Å². The number of ether oxygens (including phenoxy) is 2. The number of nitrogens with one attached hydrogen (secondary N) is 2. The molecule has 0 radical (unpaired) electrons. The highest BCUT2D eigenvalue weighted by Crippen LogP contribution is 2.30. The van der Waals surface area contributed by atoms with Crippen molar-refractivity contribution < 1.29 is 13.9 Å². The van der Waals surface area contributed by atoms with E-state index >= 15 is 0 Å². The van der Waals surface area contributed by atoms with Gasteiger partial charge in [-0.3, -0.25) is 4.98 Å². The first-order valence-electron chi connectivity index (χ1n) is 11.6. The molecule has 180 valence electrons. The highest BCUT2D eigenvalue weighted by atomic mass is 35.5. The van der Waals surface area contributed by atoms with Gasteiger partial charge in [-0.25, -0.2) is 14.4 Å². The van der Waals surface area contributed by atoms with Crippen molar-refractivity contribution in [2.75, 3.05) is 38.4 Å². The van der Waals surface area contributed by atoms with E-state index in [1.807, 2.05) is 6.07 Å². The van der Waals surface area contributed by atoms with Crippen LogP contribution in [0.3, 0.4) is 0 Å². The van der Waals surface area contributed by atoms with Crippen molar-refractivity contribution in [2.24, 2.45) is 5.73 Å². The van der Waals surface area contributed by atoms with Crippen LogP contribution in [0.15, 0.2) is 24.7 Å². The summed E-state index contributed by atoms with van der Waals surface area (Å²) in [4.78, 5) is 13.3. The molecule has 1 aliphatic carbocycles. The first-order valence-corrected chi connectivity index (χ1v) is 12.0. The second kappa shape index (κ2) is 11.4. The predicted molar refractivity (Wildman–Crippen MR) is 126 cm³/mol. The molecule has 4 N–H and O–H groups in total. The summed E-state index contributed by atoms with van der Waals surface area (Å²) in [6.45, 7) is 1.74. The van der Waals surface area contributed by atoms with E-state index in [1.165, 1.54) is 0 Å². The zero-order chi connectivity index (χ0) is 23.1. The fourth-order valence-electron chi connectivity index (χ4n) is 4.31. The van der Waals surface area contributed by atoms with E-state index in [-0.39, 0.29) is 6.67 Å². The fraction of sp³-hybridized carbons (Fsp3) is 0.609. The van der Waals surface area contributed by atoms with E-state index in [0.29, 0.717) is 55.0 Å². The third-order valence-corrected chi connectivity index (χ3v) is 6.65. The number of pyridine rings is 1. The lowest BCUT2D eigenvalue weighted by atomic mass is 9.91. The molecule has 8 nitrogen and oxygen atoms in total. The van der Waals surface area contributed by atoms with Crippen LogP contribution in [-0.4, -0.2) is 65.6 Å². The average Bonchev–Trinajstić information content (AvgIpc) is 2.84. The van der Waals surface area contributed by atoms with Crippen LogP contribution < -0.4 is 21.1 Å². The fourth-order valence-corrected chi connectivity index (χ4v) is 4.51. The molecule has 2 aromatic rings. The molecule has 33 heavy (non-hydrogen) atoms. The first-order chi connectivity index (χ1) is 16.0. The number of halogens is 2. The largest absolute Gasteiger partial charge is 0.475 e. The number of alkyl halides is 1. The van der Waals surface area contributed by atoms with Gasteiger partial charge in [0, 0.05) is 43.6 Å². The second-order valence-electron chi connectivity index (χ2n) is 8.89. The van der Waals surface area contributed by atoms with Crippen molar-refractivity contribution in [1.82, 2.24) is 20.3 Å². The quantitative estimate of drug-likeness (QED) is 0.503. The SMILES string of the molecule is NC1(COc2cncc(-c3cc(N[C@H]4CC[C@H](NCCF)CC4)ncc3Cl)n2)CCOCC1. The zero-order valence-corrected chi connectivity index (χ0v) is 19.5. The van der Waals surface area contributed by atoms with Gasteiger partial charge in [0.1, 0.15) is 19.1 Å². The normalized spacial score (nSPS) is 22.6. The van der Waals surface area contributed by atoms with Gasteiger partial charge in [-0.1, -0.05) is 11.6 Å². The van der Waals surface area contributed by atoms with Crippen molar-refractivity contribution in [2.45, 2.75) is 56.1 Å². The van der Waals surface area contributed by atoms with Crippen LogP contribution >= 0.6 is 11.6 Å². The number of rotatable bonds is 9. The van der Waals surface area contributed by atoms with E-state index < -0.39 is 5.54 Å². The smallest absolute Gasteiger partial charge is 0.232 e. The molecule has 10 heteroatoms. The third-order valence-electron chi connectivity index (χ3n) is 6.35. The average molecular weight is 479 g/mol. The van der Waals surface area contributed by atoms with E-state index in [0.717, 1.165) is 49.9 Å². The van der Waals surface area contributed by atoms with Gasteiger partial charge in [0.25, 0.3) is 0 Å². The highest BCUT2D eigenvalue weighted by molar-refractivity contribution is 6.33. The summed E-state index contributed by atoms with van der Waals surface area (Å²) in [5.74, 6) is 1.15. The monoisotopic (exact) mass is 478 g/mol. The summed E-state index contributed by atoms with van der Waals surface area (Å²) in [5.41, 5.74) is 7.34. The molecule has 4 rings (SSSR count). The standard InChI is InChI=1S/C23H32ClFN6O2/c24-19-12-29-21(30-17-3-1-16(2-4-17)28-8-7-25)11-18(19)20-13-27-14-22(31-20)33-15-23(26)5-9-32-10-6-23/h11-14,16-17,28H,1-10,15,26H2,(H,29,30)/t16-,17-. The lowest BCUT2D eigenvalue weighted by Crippen LogP contribution is -2.49. The molecule has 3 heterocycles. The van der Waals surface area contributed by atoms with E-state index in [4.69, 9.17) is 26.8 Å². The number of hydrogen-bond donors (Lipinski definition) is 3. The zero-order valence-electron chi connectivity index (χ0n) is 18.7. The molecule has 2 aromatic heterocycles. The molecular formula is C23H32ClFN6O2. The van der Waals surface area contributed by atoms with Crippen LogP contribution in [0.1, 0.15) is 38.5 Å². The summed E-state index contributed by atoms with van der Waals surface area (Å²) < 4.78 is 23.6. The third kappa shape index (κ3) is 6.72. The Hall–Kier alpha value is -2.07. The maximum Gasteiger partial charge on any atom is 0.232 e. The molecular weight excluding hydrogens is 447 g/mol. The van der Waals surface area contributed by atoms with Gasteiger partial charge < -0.3 is 25.8 Å². The van der Waals surface area contributed by atoms with Gasteiger partial charge in [-0.2, -0.15) is 0 Å². The summed E-state index contributed by atoms with van der Waals surface area (Å²) >= 11 is 6.44. The van der Waals surface area contributed by atoms with Crippen LogP contribution in [0.2, 0.25) is 5.02 Å². The second-order valence-corrected chi connectivity index (χ2v) is 9.30. The van der Waals surface area contributed by atoms with Crippen LogP contribution in [-0.2, 0) is 4.74 Å². The molecule has 0 spiro atoms. The van der Waals surface area contributed by atoms with Crippen molar-refractivity contribution in [3.05, 3.63) is 29.7 Å². The maximum atomic E-state index is 12.4. The summed E-state index contributed by atoms with van der Waals surface area (Å²) in [6, 6.07) is 2.60. The van der Waals surface area contributed by atoms with Crippen LogP contribution in [0.25, 0.3) is 11.3 Å². The summed E-state index contributed by atoms with van der Waals surface area (Å²) in [5, 5.41) is 7.25. The predicted octanol–water partition coefficient (Wildman–Crippen LogP) is 3.36. The Morgan fingerprint density at radius 2 is 1.91 bits per heavy atom. The van der Waals surface area contributed by atoms with Gasteiger partial charge >= 0.3 is 0 Å². The molecule has 0 bridgehead atoms. The Balaban J connectivity index is 1.39. The molecule has 0 aromatic carbocycles. The maximum absolute atomic E-state index is 12.4. The first kappa shape index (κ1) is 24.1.